The molecule has 0 fully saturated rings. The molecule has 49 heavy (non-hydrogen) atoms. The van der Waals surface area contributed by atoms with Crippen LogP contribution >= 0.6 is 0 Å². The van der Waals surface area contributed by atoms with Gasteiger partial charge in [0, 0.05) is 0 Å². The second-order valence-corrected chi connectivity index (χ2v) is 19.8. The zero-order valence-corrected chi connectivity index (χ0v) is 35.7. The van der Waals surface area contributed by atoms with Crippen LogP contribution in [0.5, 0.6) is 5.75 Å². The summed E-state index contributed by atoms with van der Waals surface area (Å²) in [6, 6.07) is 4.48. The van der Waals surface area contributed by atoms with Gasteiger partial charge < -0.3 is 5.11 Å². The number of hydrogen-bond donors (Lipinski definition) is 1. The lowest BCUT2D eigenvalue weighted by Gasteiger charge is -2.35. The SMILES string of the molecule is C=C(C/C=C/C(=C(/C)C(CC)C(C)(C)C)C(C)(C)C)CCC(CCC)(CCC)CCC(=C)CCc1cc(C(C)(C)C)c(O)c(C(C)(C)C)c1. The lowest BCUT2D eigenvalue weighted by molar-refractivity contribution is 0.194. The monoisotopic (exact) mass is 675 g/mol. The molecule has 0 saturated carbocycles. The van der Waals surface area contributed by atoms with E-state index in [0.29, 0.717) is 17.1 Å². The Bertz CT molecular complexity index is 1230. The molecule has 1 rings (SSSR count). The highest BCUT2D eigenvalue weighted by molar-refractivity contribution is 5.50. The summed E-state index contributed by atoms with van der Waals surface area (Å²) < 4.78 is 0. The molecule has 0 amide bonds. The molecule has 1 unspecified atom stereocenters. The van der Waals surface area contributed by atoms with Crippen molar-refractivity contribution in [1.82, 2.24) is 0 Å². The molecule has 0 aliphatic rings. The maximum Gasteiger partial charge on any atom is 0.123 e. The molecule has 1 heteroatoms. The molecular weight excluding hydrogens is 593 g/mol. The van der Waals surface area contributed by atoms with Gasteiger partial charge in [0.1, 0.15) is 5.75 Å². The molecule has 0 radical (unpaired) electrons. The molecule has 0 aromatic heterocycles. The molecule has 1 atom stereocenters. The summed E-state index contributed by atoms with van der Waals surface area (Å²) in [5.74, 6) is 1.05. The average Bonchev–Trinajstić information content (AvgIpc) is 2.94. The van der Waals surface area contributed by atoms with Crippen molar-refractivity contribution in [2.75, 3.05) is 0 Å². The standard InChI is InChI=1S/C48H82O/c1-19-29-48(30-20-2,31-27-35(4)23-22-24-40(45(10,11)12)37(6)39(21-3)44(7,8)9)32-28-36(5)25-26-38-33-41(46(13,14)15)43(49)42(34-38)47(16,17)18/h22,24,33-34,39,49H,4-5,19-21,23,25-32H2,1-3,6-18H3/b24-22+,40-37+. The quantitative estimate of drug-likeness (QED) is 0.121. The van der Waals surface area contributed by atoms with Crippen molar-refractivity contribution in [1.29, 1.82) is 0 Å². The predicted octanol–water partition coefficient (Wildman–Crippen LogP) is 15.6. The van der Waals surface area contributed by atoms with Gasteiger partial charge in [-0.2, -0.15) is 0 Å². The second kappa shape index (κ2) is 18.5. The Kier molecular flexibility index (Phi) is 17.0. The molecule has 0 saturated heterocycles. The third-order valence-corrected chi connectivity index (χ3v) is 11.0. The molecule has 0 heterocycles. The molecule has 1 N–H and O–H groups in total. The van der Waals surface area contributed by atoms with Gasteiger partial charge in [0.25, 0.3) is 0 Å². The van der Waals surface area contributed by atoms with E-state index in [1.807, 2.05) is 0 Å². The van der Waals surface area contributed by atoms with Crippen LogP contribution in [0.1, 0.15) is 198 Å². The van der Waals surface area contributed by atoms with Crippen LogP contribution in [0.2, 0.25) is 0 Å². The lowest BCUT2D eigenvalue weighted by atomic mass is 9.70. The van der Waals surface area contributed by atoms with Crippen LogP contribution in [0.4, 0.5) is 0 Å². The lowest BCUT2D eigenvalue weighted by Crippen LogP contribution is -2.24. The summed E-state index contributed by atoms with van der Waals surface area (Å²) in [7, 11) is 0. The van der Waals surface area contributed by atoms with Gasteiger partial charge in [-0.15, -0.1) is 0 Å². The number of hydrogen-bond acceptors (Lipinski definition) is 1. The van der Waals surface area contributed by atoms with Crippen molar-refractivity contribution in [2.24, 2.45) is 22.2 Å². The number of aryl methyl sites for hydroxylation is 1. The van der Waals surface area contributed by atoms with E-state index in [-0.39, 0.29) is 21.7 Å². The molecule has 0 bridgehead atoms. The van der Waals surface area contributed by atoms with Gasteiger partial charge in [-0.05, 0) is 126 Å². The molecule has 1 aromatic rings. The number of rotatable bonds is 18. The first kappa shape index (κ1) is 45.0. The third-order valence-electron chi connectivity index (χ3n) is 11.0. The van der Waals surface area contributed by atoms with Gasteiger partial charge in [-0.3, -0.25) is 0 Å². The van der Waals surface area contributed by atoms with E-state index in [9.17, 15) is 5.11 Å². The van der Waals surface area contributed by atoms with Gasteiger partial charge in [-0.25, -0.2) is 0 Å². The van der Waals surface area contributed by atoms with Crippen molar-refractivity contribution in [3.05, 3.63) is 76.4 Å². The second-order valence-electron chi connectivity index (χ2n) is 19.8. The van der Waals surface area contributed by atoms with Crippen molar-refractivity contribution in [2.45, 2.75) is 199 Å². The maximum absolute atomic E-state index is 11.2. The van der Waals surface area contributed by atoms with Crippen LogP contribution < -0.4 is 0 Å². The number of phenolic OH excluding ortho intramolecular Hbond substituents is 1. The zero-order chi connectivity index (χ0) is 38.0. The van der Waals surface area contributed by atoms with Gasteiger partial charge in [0.15, 0.2) is 0 Å². The van der Waals surface area contributed by atoms with Crippen molar-refractivity contribution in [3.63, 3.8) is 0 Å². The van der Waals surface area contributed by atoms with E-state index in [0.717, 1.165) is 43.2 Å². The topological polar surface area (TPSA) is 20.2 Å². The largest absolute Gasteiger partial charge is 0.507 e. The first-order valence-corrected chi connectivity index (χ1v) is 19.9. The minimum Gasteiger partial charge on any atom is -0.507 e. The summed E-state index contributed by atoms with van der Waals surface area (Å²) in [5.41, 5.74) is 9.69. The fraction of sp³-hybridized carbons (Fsp3) is 0.708. The van der Waals surface area contributed by atoms with Crippen LogP contribution in [0.3, 0.4) is 0 Å². The van der Waals surface area contributed by atoms with Crippen LogP contribution in [0.25, 0.3) is 0 Å². The smallest absolute Gasteiger partial charge is 0.123 e. The van der Waals surface area contributed by atoms with Crippen LogP contribution in [0, 0.1) is 22.2 Å². The van der Waals surface area contributed by atoms with E-state index in [1.54, 1.807) is 5.57 Å². The number of aromatic hydroxyl groups is 1. The first-order chi connectivity index (χ1) is 22.3. The Morgan fingerprint density at radius 2 is 1.18 bits per heavy atom. The number of allylic oxidation sites excluding steroid dienone is 6. The molecule has 0 aliphatic carbocycles. The highest BCUT2D eigenvalue weighted by Crippen LogP contribution is 2.44. The minimum absolute atomic E-state index is 0.105. The zero-order valence-electron chi connectivity index (χ0n) is 35.7. The average molecular weight is 675 g/mol. The molecule has 0 aliphatic heterocycles. The predicted molar refractivity (Wildman–Crippen MR) is 222 cm³/mol. The summed E-state index contributed by atoms with van der Waals surface area (Å²) in [6.45, 7) is 46.0. The number of benzene rings is 1. The van der Waals surface area contributed by atoms with E-state index < -0.39 is 0 Å². The van der Waals surface area contributed by atoms with E-state index in [4.69, 9.17) is 0 Å². The maximum atomic E-state index is 11.2. The summed E-state index contributed by atoms with van der Waals surface area (Å²) in [6.07, 6.45) is 18.6. The van der Waals surface area contributed by atoms with E-state index in [2.05, 4.69) is 148 Å². The fourth-order valence-electron chi connectivity index (χ4n) is 8.30. The number of phenols is 1. The summed E-state index contributed by atoms with van der Waals surface area (Å²) >= 11 is 0. The Morgan fingerprint density at radius 1 is 0.714 bits per heavy atom. The highest BCUT2D eigenvalue weighted by Gasteiger charge is 2.30. The summed E-state index contributed by atoms with van der Waals surface area (Å²) in [5, 5.41) is 11.2. The van der Waals surface area contributed by atoms with Crippen molar-refractivity contribution in [3.8, 4) is 5.75 Å². The van der Waals surface area contributed by atoms with Gasteiger partial charge in [0.2, 0.25) is 0 Å². The molecule has 1 nitrogen and oxygen atoms in total. The van der Waals surface area contributed by atoms with Crippen molar-refractivity contribution < 1.29 is 5.11 Å². The highest BCUT2D eigenvalue weighted by atomic mass is 16.3. The van der Waals surface area contributed by atoms with Gasteiger partial charge in [0.05, 0.1) is 0 Å². The normalized spacial score (nSPS) is 14.7. The van der Waals surface area contributed by atoms with Gasteiger partial charge >= 0.3 is 0 Å². The molecule has 0 spiro atoms. The molecular formula is C48H82O. The van der Waals surface area contributed by atoms with Crippen molar-refractivity contribution >= 4 is 0 Å². The molecule has 280 valence electrons. The third kappa shape index (κ3) is 14.3. The van der Waals surface area contributed by atoms with Crippen LogP contribution in [-0.4, -0.2) is 5.11 Å². The van der Waals surface area contributed by atoms with E-state index in [1.165, 1.54) is 67.2 Å². The first-order valence-electron chi connectivity index (χ1n) is 19.9. The van der Waals surface area contributed by atoms with Crippen LogP contribution in [0.15, 0.2) is 59.7 Å². The molecule has 1 aromatic carbocycles. The van der Waals surface area contributed by atoms with E-state index >= 15 is 0 Å². The Morgan fingerprint density at radius 3 is 1.57 bits per heavy atom. The fourth-order valence-corrected chi connectivity index (χ4v) is 8.30. The Balaban J connectivity index is 3.05. The van der Waals surface area contributed by atoms with Gasteiger partial charge in [-0.1, -0.05) is 171 Å². The Labute approximate surface area is 307 Å². The Hall–Kier alpha value is -2.02. The van der Waals surface area contributed by atoms with Crippen LogP contribution in [-0.2, 0) is 17.3 Å². The summed E-state index contributed by atoms with van der Waals surface area (Å²) in [4.78, 5) is 0. The minimum atomic E-state index is -0.105.